The maximum Gasteiger partial charge on any atom is 0.119 e. The van der Waals surface area contributed by atoms with Crippen LogP contribution in [0.25, 0.3) is 6.08 Å². The second kappa shape index (κ2) is 8.76. The number of benzene rings is 1. The summed E-state index contributed by atoms with van der Waals surface area (Å²) >= 11 is 0. The molecule has 0 heterocycles. The average Bonchev–Trinajstić information content (AvgIpc) is 2.42. The molecule has 1 aromatic rings. The lowest BCUT2D eigenvalue weighted by atomic mass is 10.2. The molecule has 0 aliphatic rings. The van der Waals surface area contributed by atoms with Crippen molar-refractivity contribution in [1.29, 1.82) is 0 Å². The van der Waals surface area contributed by atoms with Gasteiger partial charge in [0.25, 0.3) is 0 Å². The Morgan fingerprint density at radius 3 is 2.44 bits per heavy atom. The van der Waals surface area contributed by atoms with Gasteiger partial charge >= 0.3 is 0 Å². The van der Waals surface area contributed by atoms with E-state index < -0.39 is 0 Å². The zero-order chi connectivity index (χ0) is 13.2. The van der Waals surface area contributed by atoms with Crippen molar-refractivity contribution >= 4 is 6.08 Å². The van der Waals surface area contributed by atoms with Crippen LogP contribution in [0.1, 0.15) is 31.7 Å². The predicted octanol–water partition coefficient (Wildman–Crippen LogP) is 3.83. The van der Waals surface area contributed by atoms with E-state index in [0.29, 0.717) is 0 Å². The molecule has 0 radical (unpaired) electrons. The molecule has 0 aliphatic carbocycles. The van der Waals surface area contributed by atoms with Gasteiger partial charge in [-0.2, -0.15) is 0 Å². The highest BCUT2D eigenvalue weighted by Gasteiger charge is 1.98. The number of ether oxygens (including phenoxy) is 1. The minimum Gasteiger partial charge on any atom is -0.494 e. The van der Waals surface area contributed by atoms with Gasteiger partial charge in [0.2, 0.25) is 0 Å². The van der Waals surface area contributed by atoms with Crippen LogP contribution < -0.4 is 4.74 Å². The Hall–Kier alpha value is -1.28. The molecule has 100 valence electrons. The van der Waals surface area contributed by atoms with Gasteiger partial charge in [-0.25, -0.2) is 0 Å². The van der Waals surface area contributed by atoms with E-state index in [9.17, 15) is 0 Å². The molecule has 0 unspecified atom stereocenters. The Balaban J connectivity index is 2.15. The van der Waals surface area contributed by atoms with E-state index in [1.54, 1.807) is 0 Å². The van der Waals surface area contributed by atoms with Gasteiger partial charge in [0.05, 0.1) is 6.61 Å². The Kier molecular flexibility index (Phi) is 7.19. The van der Waals surface area contributed by atoms with Crippen LogP contribution >= 0.6 is 0 Å². The fraction of sp³-hybridized carbons (Fsp3) is 0.500. The first-order valence-corrected chi connectivity index (χ1v) is 6.80. The smallest absolute Gasteiger partial charge is 0.119 e. The minimum absolute atomic E-state index is 0.782. The van der Waals surface area contributed by atoms with Crippen molar-refractivity contribution < 1.29 is 4.74 Å². The summed E-state index contributed by atoms with van der Waals surface area (Å²) in [5.74, 6) is 0.941. The maximum atomic E-state index is 5.70. The van der Waals surface area contributed by atoms with Crippen LogP contribution in [0.5, 0.6) is 5.75 Å². The van der Waals surface area contributed by atoms with Crippen LogP contribution in [0.15, 0.2) is 30.8 Å². The first kappa shape index (κ1) is 14.8. The van der Waals surface area contributed by atoms with Crippen LogP contribution in [-0.4, -0.2) is 31.6 Å². The van der Waals surface area contributed by atoms with Crippen molar-refractivity contribution in [3.63, 3.8) is 0 Å². The predicted molar refractivity (Wildman–Crippen MR) is 79.1 cm³/mol. The molecule has 0 atom stereocenters. The van der Waals surface area contributed by atoms with Gasteiger partial charge in [0.1, 0.15) is 5.75 Å². The van der Waals surface area contributed by atoms with Gasteiger partial charge in [-0.1, -0.05) is 38.1 Å². The first-order chi connectivity index (χ1) is 8.76. The van der Waals surface area contributed by atoms with Gasteiger partial charge in [-0.3, -0.25) is 0 Å². The minimum atomic E-state index is 0.782. The summed E-state index contributed by atoms with van der Waals surface area (Å²) in [6.45, 7) is 9.03. The van der Waals surface area contributed by atoms with E-state index in [1.807, 2.05) is 30.3 Å². The van der Waals surface area contributed by atoms with Crippen molar-refractivity contribution in [2.45, 2.75) is 26.2 Å². The highest BCUT2D eigenvalue weighted by molar-refractivity contribution is 5.48. The average molecular weight is 247 g/mol. The van der Waals surface area contributed by atoms with Gasteiger partial charge in [-0.15, -0.1) is 0 Å². The molecule has 1 aromatic carbocycles. The van der Waals surface area contributed by atoms with Gasteiger partial charge in [0.15, 0.2) is 0 Å². The first-order valence-electron chi connectivity index (χ1n) is 6.80. The Morgan fingerprint density at radius 2 is 1.83 bits per heavy atom. The van der Waals surface area contributed by atoms with Crippen molar-refractivity contribution in [1.82, 2.24) is 4.90 Å². The molecular formula is C16H25NO. The van der Waals surface area contributed by atoms with E-state index in [4.69, 9.17) is 4.74 Å². The third-order valence-electron chi connectivity index (χ3n) is 2.96. The number of rotatable bonds is 9. The van der Waals surface area contributed by atoms with Crippen LogP contribution in [0.3, 0.4) is 0 Å². The fourth-order valence-electron chi connectivity index (χ4n) is 1.76. The van der Waals surface area contributed by atoms with Gasteiger partial charge in [0, 0.05) is 6.54 Å². The number of unbranched alkanes of at least 4 members (excludes halogenated alkanes) is 1. The van der Waals surface area contributed by atoms with Gasteiger partial charge < -0.3 is 9.64 Å². The molecule has 0 bridgehead atoms. The van der Waals surface area contributed by atoms with E-state index in [-0.39, 0.29) is 0 Å². The molecule has 0 saturated heterocycles. The normalized spacial score (nSPS) is 10.6. The van der Waals surface area contributed by atoms with Crippen LogP contribution in [-0.2, 0) is 0 Å². The van der Waals surface area contributed by atoms with E-state index in [0.717, 1.165) is 30.9 Å². The molecule has 0 N–H and O–H groups in total. The van der Waals surface area contributed by atoms with Crippen molar-refractivity contribution in [3.8, 4) is 5.75 Å². The highest BCUT2D eigenvalue weighted by atomic mass is 16.5. The number of nitrogens with zero attached hydrogens (tertiary/aromatic N) is 1. The molecular weight excluding hydrogens is 222 g/mol. The lowest BCUT2D eigenvalue weighted by Gasteiger charge is -2.16. The lowest BCUT2D eigenvalue weighted by molar-refractivity contribution is 0.261. The summed E-state index contributed by atoms with van der Waals surface area (Å²) in [7, 11) is 2.18. The largest absolute Gasteiger partial charge is 0.494 e. The van der Waals surface area contributed by atoms with Gasteiger partial charge in [-0.05, 0) is 44.1 Å². The van der Waals surface area contributed by atoms with Crippen molar-refractivity contribution in [2.24, 2.45) is 0 Å². The molecule has 18 heavy (non-hydrogen) atoms. The fourth-order valence-corrected chi connectivity index (χ4v) is 1.76. The quantitative estimate of drug-likeness (QED) is 0.615. The monoisotopic (exact) mass is 247 g/mol. The second-order valence-electron chi connectivity index (χ2n) is 4.63. The second-order valence-corrected chi connectivity index (χ2v) is 4.63. The Labute approximate surface area is 111 Å². The molecule has 0 amide bonds. The summed E-state index contributed by atoms with van der Waals surface area (Å²) in [5.41, 5.74) is 1.13. The zero-order valence-corrected chi connectivity index (χ0v) is 11.7. The zero-order valence-electron chi connectivity index (χ0n) is 11.7. The van der Waals surface area contributed by atoms with Crippen LogP contribution in [0.2, 0.25) is 0 Å². The maximum absolute atomic E-state index is 5.70. The molecule has 2 nitrogen and oxygen atoms in total. The third-order valence-corrected chi connectivity index (χ3v) is 2.96. The number of hydrogen-bond donors (Lipinski definition) is 0. The third kappa shape index (κ3) is 5.87. The number of hydrogen-bond acceptors (Lipinski definition) is 2. The Morgan fingerprint density at radius 1 is 1.17 bits per heavy atom. The van der Waals surface area contributed by atoms with E-state index in [1.165, 1.54) is 19.4 Å². The summed E-state index contributed by atoms with van der Waals surface area (Å²) in [6, 6.07) is 8.04. The topological polar surface area (TPSA) is 12.5 Å². The van der Waals surface area contributed by atoms with Crippen LogP contribution in [0, 0.1) is 0 Å². The van der Waals surface area contributed by atoms with E-state index in [2.05, 4.69) is 25.5 Å². The summed E-state index contributed by atoms with van der Waals surface area (Å²) in [4.78, 5) is 2.37. The molecule has 2 heteroatoms. The van der Waals surface area contributed by atoms with Crippen molar-refractivity contribution in [2.75, 3.05) is 26.7 Å². The van der Waals surface area contributed by atoms with Crippen molar-refractivity contribution in [3.05, 3.63) is 36.4 Å². The molecule has 0 aromatic heterocycles. The summed E-state index contributed by atoms with van der Waals surface area (Å²) in [5, 5.41) is 0. The highest BCUT2D eigenvalue weighted by Crippen LogP contribution is 2.12. The van der Waals surface area contributed by atoms with E-state index >= 15 is 0 Å². The SMILES string of the molecule is C=Cc1ccc(OCCCN(C)CCCC)cc1. The summed E-state index contributed by atoms with van der Waals surface area (Å²) < 4.78 is 5.70. The molecule has 0 spiro atoms. The Bertz CT molecular complexity index is 331. The molecule has 0 fully saturated rings. The molecule has 0 saturated carbocycles. The summed E-state index contributed by atoms with van der Waals surface area (Å²) in [6.07, 6.45) is 5.45. The molecule has 1 rings (SSSR count). The lowest BCUT2D eigenvalue weighted by Crippen LogP contribution is -2.22. The standard InChI is InChI=1S/C16H25NO/c1-4-6-12-17(3)13-7-14-18-16-10-8-15(5-2)9-11-16/h5,8-11H,2,4,6-7,12-14H2,1,3H3. The van der Waals surface area contributed by atoms with Crippen LogP contribution in [0.4, 0.5) is 0 Å². The molecule has 0 aliphatic heterocycles.